The maximum atomic E-state index is 11.1. The van der Waals surface area contributed by atoms with E-state index in [1.165, 1.54) is 0 Å². The van der Waals surface area contributed by atoms with E-state index in [1.807, 2.05) is 5.01 Å². The molecule has 1 aliphatic heterocycles. The molecule has 2 N–H and O–H groups in total. The number of carbonyl (C=O) groups excluding carboxylic acids is 1. The number of nitrogens with two attached hydrogens (primary N) is 1. The number of hydrogen-bond donors (Lipinski definition) is 1. The summed E-state index contributed by atoms with van der Waals surface area (Å²) in [5, 5.41) is 9.84. The van der Waals surface area contributed by atoms with Gasteiger partial charge < -0.3 is 5.73 Å². The predicted molar refractivity (Wildman–Crippen MR) is 55.7 cm³/mol. The fraction of sp³-hybridized carbons (Fsp3) is 0.300. The van der Waals surface area contributed by atoms with E-state index in [2.05, 4.69) is 10.3 Å². The molecule has 5 heteroatoms. The molecule has 1 saturated heterocycles. The van der Waals surface area contributed by atoms with Crippen LogP contribution < -0.4 is 5.73 Å². The molecule has 1 fully saturated rings. The highest BCUT2D eigenvalue weighted by Gasteiger charge is 2.11. The van der Waals surface area contributed by atoms with Gasteiger partial charge in [0.2, 0.25) is 0 Å². The average Bonchev–Trinajstić information content (AvgIpc) is 2.16. The monoisotopic (exact) mass is 204 g/mol. The first-order valence-corrected chi connectivity index (χ1v) is 4.83. The largest absolute Gasteiger partial charge is 0.366 e. The van der Waals surface area contributed by atoms with Crippen molar-refractivity contribution in [1.82, 2.24) is 5.01 Å². The predicted octanol–water partition coefficient (Wildman–Crippen LogP) is 1.49. The number of carbonyl (C=O) groups is 1. The quantitative estimate of drug-likeness (QED) is 0.757. The second-order valence-electron chi connectivity index (χ2n) is 3.38. The maximum absolute atomic E-state index is 11.1. The Hall–Kier alpha value is -1.91. The number of benzene rings is 1. The van der Waals surface area contributed by atoms with Gasteiger partial charge in [0.05, 0.1) is 5.56 Å². The van der Waals surface area contributed by atoms with Gasteiger partial charge in [-0.1, -0.05) is 17.4 Å². The highest BCUT2D eigenvalue weighted by Crippen LogP contribution is 2.19. The highest BCUT2D eigenvalue weighted by atomic mass is 16.1. The lowest BCUT2D eigenvalue weighted by Crippen LogP contribution is -2.31. The molecule has 78 valence electrons. The Morgan fingerprint density at radius 1 is 1.33 bits per heavy atom. The Kier molecular flexibility index (Phi) is 2.62. The van der Waals surface area contributed by atoms with Crippen LogP contribution in [0.5, 0.6) is 0 Å². The van der Waals surface area contributed by atoms with Gasteiger partial charge in [-0.05, 0) is 18.6 Å². The van der Waals surface area contributed by atoms with Crippen molar-refractivity contribution in [1.29, 1.82) is 0 Å². The van der Waals surface area contributed by atoms with E-state index in [1.54, 1.807) is 24.3 Å². The molecule has 0 atom stereocenters. The van der Waals surface area contributed by atoms with Crippen molar-refractivity contribution < 1.29 is 4.79 Å². The summed E-state index contributed by atoms with van der Waals surface area (Å²) in [6.07, 6.45) is 1.15. The van der Waals surface area contributed by atoms with Gasteiger partial charge in [-0.25, -0.2) is 0 Å². The summed E-state index contributed by atoms with van der Waals surface area (Å²) in [5.41, 5.74) is 6.14. The summed E-state index contributed by atoms with van der Waals surface area (Å²) < 4.78 is 0. The van der Waals surface area contributed by atoms with Gasteiger partial charge in [0, 0.05) is 13.1 Å². The van der Waals surface area contributed by atoms with Crippen LogP contribution in [0, 0.1) is 0 Å². The summed E-state index contributed by atoms with van der Waals surface area (Å²) in [7, 11) is 0. The minimum atomic E-state index is -0.479. The smallest absolute Gasteiger partial charge is 0.250 e. The molecule has 1 heterocycles. The highest BCUT2D eigenvalue weighted by molar-refractivity contribution is 5.97. The Bertz CT molecular complexity index is 398. The first-order valence-electron chi connectivity index (χ1n) is 4.83. The number of hydrogen-bond acceptors (Lipinski definition) is 3. The first kappa shape index (κ1) is 9.64. The maximum Gasteiger partial charge on any atom is 0.250 e. The summed E-state index contributed by atoms with van der Waals surface area (Å²) in [5.74, 6) is -0.479. The van der Waals surface area contributed by atoms with Crippen molar-refractivity contribution in [2.75, 3.05) is 13.1 Å². The molecule has 0 aromatic heterocycles. The molecule has 5 nitrogen and oxygen atoms in total. The lowest BCUT2D eigenvalue weighted by atomic mass is 10.2. The van der Waals surface area contributed by atoms with E-state index in [0.29, 0.717) is 11.3 Å². The van der Waals surface area contributed by atoms with Gasteiger partial charge in [-0.3, -0.25) is 9.80 Å². The fourth-order valence-corrected chi connectivity index (χ4v) is 1.27. The van der Waals surface area contributed by atoms with E-state index in [4.69, 9.17) is 5.73 Å². The van der Waals surface area contributed by atoms with Gasteiger partial charge in [0.25, 0.3) is 5.91 Å². The second-order valence-corrected chi connectivity index (χ2v) is 3.38. The third kappa shape index (κ3) is 2.12. The summed E-state index contributed by atoms with van der Waals surface area (Å²) in [6, 6.07) is 6.93. The molecule has 0 saturated carbocycles. The first-order chi connectivity index (χ1) is 7.27. The Morgan fingerprint density at radius 2 is 2.07 bits per heavy atom. The van der Waals surface area contributed by atoms with Crippen LogP contribution in [-0.2, 0) is 0 Å². The molecule has 15 heavy (non-hydrogen) atoms. The third-order valence-corrected chi connectivity index (χ3v) is 2.28. The molecular weight excluding hydrogens is 192 g/mol. The minimum absolute atomic E-state index is 0.404. The SMILES string of the molecule is NC(=O)c1ccccc1N=NN1CCC1. The number of nitrogens with zero attached hydrogens (tertiary/aromatic N) is 3. The lowest BCUT2D eigenvalue weighted by Gasteiger charge is -2.25. The van der Waals surface area contributed by atoms with Crippen molar-refractivity contribution in [3.8, 4) is 0 Å². The summed E-state index contributed by atoms with van der Waals surface area (Å²) >= 11 is 0. The number of amides is 1. The molecule has 0 unspecified atom stereocenters. The van der Waals surface area contributed by atoms with E-state index in [-0.39, 0.29) is 0 Å². The van der Waals surface area contributed by atoms with Crippen LogP contribution in [-0.4, -0.2) is 24.0 Å². The van der Waals surface area contributed by atoms with Gasteiger partial charge in [0.15, 0.2) is 0 Å². The molecule has 2 rings (SSSR count). The van der Waals surface area contributed by atoms with Crippen molar-refractivity contribution >= 4 is 11.6 Å². The van der Waals surface area contributed by atoms with Crippen LogP contribution in [0.3, 0.4) is 0 Å². The molecule has 1 aliphatic rings. The second kappa shape index (κ2) is 4.08. The van der Waals surface area contributed by atoms with Crippen LogP contribution in [0.25, 0.3) is 0 Å². The van der Waals surface area contributed by atoms with Gasteiger partial charge in [0.1, 0.15) is 5.69 Å². The van der Waals surface area contributed by atoms with Crippen molar-refractivity contribution in [2.45, 2.75) is 6.42 Å². The van der Waals surface area contributed by atoms with Crippen LogP contribution in [0.1, 0.15) is 16.8 Å². The van der Waals surface area contributed by atoms with Crippen molar-refractivity contribution in [2.24, 2.45) is 16.1 Å². The van der Waals surface area contributed by atoms with Crippen molar-refractivity contribution in [3.05, 3.63) is 29.8 Å². The molecule has 0 aliphatic carbocycles. The number of rotatable bonds is 3. The zero-order chi connectivity index (χ0) is 10.7. The molecule has 1 amide bonds. The van der Waals surface area contributed by atoms with Gasteiger partial charge >= 0.3 is 0 Å². The zero-order valence-corrected chi connectivity index (χ0v) is 8.26. The lowest BCUT2D eigenvalue weighted by molar-refractivity contribution is 0.100. The Morgan fingerprint density at radius 3 is 2.67 bits per heavy atom. The standard InChI is InChI=1S/C10H12N4O/c11-10(15)8-4-1-2-5-9(8)12-13-14-6-3-7-14/h1-2,4-5H,3,6-7H2,(H2,11,15). The summed E-state index contributed by atoms with van der Waals surface area (Å²) in [4.78, 5) is 11.1. The van der Waals surface area contributed by atoms with Gasteiger partial charge in [-0.15, -0.1) is 5.11 Å². The Labute approximate surface area is 87.6 Å². The third-order valence-electron chi connectivity index (χ3n) is 2.28. The molecule has 0 radical (unpaired) electrons. The Balaban J connectivity index is 2.19. The molecule has 0 bridgehead atoms. The molecule has 1 aromatic rings. The van der Waals surface area contributed by atoms with Crippen LogP contribution >= 0.6 is 0 Å². The topological polar surface area (TPSA) is 71.0 Å². The van der Waals surface area contributed by atoms with Crippen LogP contribution in [0.15, 0.2) is 34.6 Å². The van der Waals surface area contributed by atoms with E-state index in [0.717, 1.165) is 19.5 Å². The van der Waals surface area contributed by atoms with E-state index >= 15 is 0 Å². The van der Waals surface area contributed by atoms with E-state index in [9.17, 15) is 4.79 Å². The molecular formula is C10H12N4O. The zero-order valence-electron chi connectivity index (χ0n) is 8.26. The van der Waals surface area contributed by atoms with Crippen molar-refractivity contribution in [3.63, 3.8) is 0 Å². The minimum Gasteiger partial charge on any atom is -0.366 e. The normalized spacial score (nSPS) is 15.3. The molecule has 1 aromatic carbocycles. The summed E-state index contributed by atoms with van der Waals surface area (Å²) in [6.45, 7) is 1.87. The fourth-order valence-electron chi connectivity index (χ4n) is 1.27. The van der Waals surface area contributed by atoms with Gasteiger partial charge in [-0.2, -0.15) is 0 Å². The molecule has 0 spiro atoms. The van der Waals surface area contributed by atoms with Crippen LogP contribution in [0.2, 0.25) is 0 Å². The number of primary amides is 1. The average molecular weight is 204 g/mol. The van der Waals surface area contributed by atoms with Crippen LogP contribution in [0.4, 0.5) is 5.69 Å². The van der Waals surface area contributed by atoms with E-state index < -0.39 is 5.91 Å².